The van der Waals surface area contributed by atoms with Gasteiger partial charge in [-0.3, -0.25) is 5.10 Å². The van der Waals surface area contributed by atoms with Gasteiger partial charge in [-0.2, -0.15) is 5.10 Å². The van der Waals surface area contributed by atoms with Crippen LogP contribution in [0.3, 0.4) is 0 Å². The van der Waals surface area contributed by atoms with Gasteiger partial charge < -0.3 is 5.11 Å². The molecule has 1 aromatic rings. The van der Waals surface area contributed by atoms with Crippen molar-refractivity contribution >= 4 is 0 Å². The summed E-state index contributed by atoms with van der Waals surface area (Å²) in [5.41, 5.74) is 3.77. The molecule has 0 bridgehead atoms. The third kappa shape index (κ3) is 2.29. The van der Waals surface area contributed by atoms with Crippen LogP contribution in [0, 0.1) is 5.92 Å². The molecular formula is C13H22N2O. The first-order valence-electron chi connectivity index (χ1n) is 6.39. The fourth-order valence-electron chi connectivity index (χ4n) is 2.40. The van der Waals surface area contributed by atoms with E-state index in [1.54, 1.807) is 0 Å². The average molecular weight is 222 g/mol. The Morgan fingerprint density at radius 1 is 1.44 bits per heavy atom. The molecule has 0 spiro atoms. The summed E-state index contributed by atoms with van der Waals surface area (Å²) < 4.78 is 0. The largest absolute Gasteiger partial charge is 0.396 e. The van der Waals surface area contributed by atoms with Crippen LogP contribution in [0.1, 0.15) is 56.0 Å². The predicted molar refractivity (Wildman–Crippen MR) is 64.5 cm³/mol. The molecule has 0 aromatic carbocycles. The number of hydrogen-bond donors (Lipinski definition) is 2. The fraction of sp³-hybridized carbons (Fsp3) is 0.769. The minimum Gasteiger partial charge on any atom is -0.396 e. The molecule has 0 radical (unpaired) electrons. The number of nitrogens with zero attached hydrogens (tertiary/aromatic N) is 1. The molecule has 1 heterocycles. The molecule has 3 nitrogen and oxygen atoms in total. The summed E-state index contributed by atoms with van der Waals surface area (Å²) in [6.45, 7) is 4.66. The molecule has 0 aliphatic heterocycles. The van der Waals surface area contributed by atoms with Crippen molar-refractivity contribution in [2.75, 3.05) is 6.61 Å². The van der Waals surface area contributed by atoms with Crippen LogP contribution in [0.15, 0.2) is 0 Å². The highest BCUT2D eigenvalue weighted by atomic mass is 16.2. The van der Waals surface area contributed by atoms with E-state index in [2.05, 4.69) is 24.0 Å². The van der Waals surface area contributed by atoms with E-state index in [4.69, 9.17) is 5.11 Å². The number of nitrogens with one attached hydrogen (secondary N) is 1. The maximum absolute atomic E-state index is 9.15. The standard InChI is InChI=1S/C13H22N2O/c1-9(2)8-12-11(6-7-16)13(15-14-12)10-4-3-5-10/h9-10,16H,3-8H2,1-2H3,(H,14,15). The molecule has 0 amide bonds. The Labute approximate surface area is 97.3 Å². The molecule has 0 unspecified atom stereocenters. The van der Waals surface area contributed by atoms with Crippen molar-refractivity contribution in [3.05, 3.63) is 17.0 Å². The maximum Gasteiger partial charge on any atom is 0.0688 e. The first-order chi connectivity index (χ1) is 7.72. The first kappa shape index (κ1) is 11.6. The predicted octanol–water partition coefficient (Wildman–Crippen LogP) is 2.41. The number of hydrogen-bond acceptors (Lipinski definition) is 2. The molecule has 1 aliphatic rings. The summed E-state index contributed by atoms with van der Waals surface area (Å²) in [6.07, 6.45) is 5.66. The number of aromatic amines is 1. The monoisotopic (exact) mass is 222 g/mol. The quantitative estimate of drug-likeness (QED) is 0.803. The summed E-state index contributed by atoms with van der Waals surface area (Å²) in [5, 5.41) is 16.8. The van der Waals surface area contributed by atoms with Crippen LogP contribution in [-0.4, -0.2) is 21.9 Å². The van der Waals surface area contributed by atoms with Gasteiger partial charge in [0.05, 0.1) is 5.69 Å². The zero-order chi connectivity index (χ0) is 11.5. The summed E-state index contributed by atoms with van der Waals surface area (Å²) in [5.74, 6) is 1.28. The van der Waals surface area contributed by atoms with E-state index in [1.807, 2.05) is 0 Å². The first-order valence-corrected chi connectivity index (χ1v) is 6.39. The average Bonchev–Trinajstić information content (AvgIpc) is 2.48. The lowest BCUT2D eigenvalue weighted by atomic mass is 9.80. The summed E-state index contributed by atoms with van der Waals surface area (Å²) in [7, 11) is 0. The summed E-state index contributed by atoms with van der Waals surface area (Å²) >= 11 is 0. The number of rotatable bonds is 5. The highest BCUT2D eigenvalue weighted by Crippen LogP contribution is 2.38. The van der Waals surface area contributed by atoms with Gasteiger partial charge in [-0.05, 0) is 37.2 Å². The second-order valence-electron chi connectivity index (χ2n) is 5.27. The topological polar surface area (TPSA) is 48.9 Å². The highest BCUT2D eigenvalue weighted by Gasteiger charge is 2.26. The second kappa shape index (κ2) is 5.00. The summed E-state index contributed by atoms with van der Waals surface area (Å²) in [6, 6.07) is 0. The Morgan fingerprint density at radius 3 is 2.69 bits per heavy atom. The van der Waals surface area contributed by atoms with Crippen molar-refractivity contribution in [2.45, 2.75) is 51.9 Å². The lowest BCUT2D eigenvalue weighted by Crippen LogP contribution is -2.12. The van der Waals surface area contributed by atoms with Crippen molar-refractivity contribution in [2.24, 2.45) is 5.92 Å². The van der Waals surface area contributed by atoms with Crippen LogP contribution < -0.4 is 0 Å². The molecule has 2 N–H and O–H groups in total. The van der Waals surface area contributed by atoms with E-state index in [1.165, 1.54) is 36.2 Å². The molecule has 90 valence electrons. The minimum atomic E-state index is 0.227. The Bertz CT molecular complexity index is 340. The number of aliphatic hydroxyl groups excluding tert-OH is 1. The lowest BCUT2D eigenvalue weighted by Gasteiger charge is -2.24. The smallest absolute Gasteiger partial charge is 0.0688 e. The van der Waals surface area contributed by atoms with E-state index in [0.717, 1.165) is 12.8 Å². The number of aliphatic hydroxyl groups is 1. The maximum atomic E-state index is 9.15. The Hall–Kier alpha value is -0.830. The molecule has 1 aliphatic carbocycles. The van der Waals surface area contributed by atoms with Crippen LogP contribution in [-0.2, 0) is 12.8 Å². The SMILES string of the molecule is CC(C)Cc1[nH]nc(C2CCC2)c1CCO. The van der Waals surface area contributed by atoms with E-state index >= 15 is 0 Å². The Kier molecular flexibility index (Phi) is 3.64. The van der Waals surface area contributed by atoms with Gasteiger partial charge in [0.25, 0.3) is 0 Å². The molecule has 1 aromatic heterocycles. The van der Waals surface area contributed by atoms with Gasteiger partial charge in [0.1, 0.15) is 0 Å². The van der Waals surface area contributed by atoms with Crippen molar-refractivity contribution in [3.63, 3.8) is 0 Å². The number of H-pyrrole nitrogens is 1. The van der Waals surface area contributed by atoms with Gasteiger partial charge in [-0.1, -0.05) is 20.3 Å². The molecule has 0 saturated heterocycles. The molecular weight excluding hydrogens is 200 g/mol. The second-order valence-corrected chi connectivity index (χ2v) is 5.27. The van der Waals surface area contributed by atoms with Crippen LogP contribution >= 0.6 is 0 Å². The normalized spacial score (nSPS) is 16.8. The lowest BCUT2D eigenvalue weighted by molar-refractivity contribution is 0.297. The molecule has 1 fully saturated rings. The van der Waals surface area contributed by atoms with Crippen LogP contribution in [0.25, 0.3) is 0 Å². The van der Waals surface area contributed by atoms with Crippen molar-refractivity contribution < 1.29 is 5.11 Å². The third-order valence-corrected chi connectivity index (χ3v) is 3.45. The molecule has 3 heteroatoms. The van der Waals surface area contributed by atoms with Gasteiger partial charge in [0.15, 0.2) is 0 Å². The molecule has 16 heavy (non-hydrogen) atoms. The van der Waals surface area contributed by atoms with E-state index in [-0.39, 0.29) is 6.61 Å². The van der Waals surface area contributed by atoms with E-state index < -0.39 is 0 Å². The Morgan fingerprint density at radius 2 is 2.19 bits per heavy atom. The van der Waals surface area contributed by atoms with E-state index in [9.17, 15) is 0 Å². The minimum absolute atomic E-state index is 0.227. The van der Waals surface area contributed by atoms with Gasteiger partial charge in [0, 0.05) is 18.2 Å². The third-order valence-electron chi connectivity index (χ3n) is 3.45. The summed E-state index contributed by atoms with van der Waals surface area (Å²) in [4.78, 5) is 0. The molecule has 2 rings (SSSR count). The zero-order valence-corrected chi connectivity index (χ0v) is 10.3. The van der Waals surface area contributed by atoms with E-state index in [0.29, 0.717) is 11.8 Å². The van der Waals surface area contributed by atoms with Crippen LogP contribution in [0.5, 0.6) is 0 Å². The van der Waals surface area contributed by atoms with Crippen molar-refractivity contribution in [3.8, 4) is 0 Å². The van der Waals surface area contributed by atoms with Gasteiger partial charge in [-0.25, -0.2) is 0 Å². The number of aromatic nitrogens is 2. The van der Waals surface area contributed by atoms with Crippen molar-refractivity contribution in [1.29, 1.82) is 0 Å². The van der Waals surface area contributed by atoms with Gasteiger partial charge >= 0.3 is 0 Å². The molecule has 0 atom stereocenters. The highest BCUT2D eigenvalue weighted by molar-refractivity contribution is 5.30. The molecule has 1 saturated carbocycles. The zero-order valence-electron chi connectivity index (χ0n) is 10.3. The fourth-order valence-corrected chi connectivity index (χ4v) is 2.40. The van der Waals surface area contributed by atoms with Crippen LogP contribution in [0.2, 0.25) is 0 Å². The van der Waals surface area contributed by atoms with Crippen LogP contribution in [0.4, 0.5) is 0 Å². The van der Waals surface area contributed by atoms with Gasteiger partial charge in [-0.15, -0.1) is 0 Å². The Balaban J connectivity index is 2.19. The van der Waals surface area contributed by atoms with Crippen molar-refractivity contribution in [1.82, 2.24) is 10.2 Å². The van der Waals surface area contributed by atoms with Gasteiger partial charge in [0.2, 0.25) is 0 Å².